The van der Waals surface area contributed by atoms with Crippen molar-refractivity contribution in [1.82, 2.24) is 4.90 Å². The molecule has 1 aliphatic rings. The second-order valence-corrected chi connectivity index (χ2v) is 6.10. The zero-order chi connectivity index (χ0) is 15.2. The van der Waals surface area contributed by atoms with Crippen LogP contribution < -0.4 is 0 Å². The van der Waals surface area contributed by atoms with Gasteiger partial charge in [-0.3, -0.25) is 0 Å². The molecule has 0 saturated carbocycles. The second-order valence-electron chi connectivity index (χ2n) is 6.10. The van der Waals surface area contributed by atoms with E-state index in [4.69, 9.17) is 4.74 Å². The van der Waals surface area contributed by atoms with Crippen LogP contribution in [-0.4, -0.2) is 24.1 Å². The zero-order valence-electron chi connectivity index (χ0n) is 13.5. The van der Waals surface area contributed by atoms with Gasteiger partial charge in [-0.2, -0.15) is 0 Å². The van der Waals surface area contributed by atoms with Crippen LogP contribution in [0.5, 0.6) is 0 Å². The van der Waals surface area contributed by atoms with Gasteiger partial charge in [0.05, 0.1) is 12.6 Å². The summed E-state index contributed by atoms with van der Waals surface area (Å²) >= 11 is 0. The fourth-order valence-corrected chi connectivity index (χ4v) is 3.04. The molecular weight excluding hydrogens is 262 g/mol. The largest absolute Gasteiger partial charge is 0.449 e. The summed E-state index contributed by atoms with van der Waals surface area (Å²) in [7, 11) is 0. The maximum absolute atomic E-state index is 12.3. The third-order valence-corrected chi connectivity index (χ3v) is 4.19. The lowest BCUT2D eigenvalue weighted by molar-refractivity contribution is 0.0967. The Hall–Kier alpha value is -1.51. The number of rotatable bonds is 5. The van der Waals surface area contributed by atoms with E-state index in [2.05, 4.69) is 45.0 Å². The molecule has 1 fully saturated rings. The van der Waals surface area contributed by atoms with Crippen molar-refractivity contribution in [1.29, 1.82) is 0 Å². The summed E-state index contributed by atoms with van der Waals surface area (Å²) < 4.78 is 5.41. The summed E-state index contributed by atoms with van der Waals surface area (Å²) in [6.45, 7) is 7.85. The standard InChI is InChI=1S/C18H27NO2/c1-4-5-13-21-18(20)19-12-8-11-17(19)16-10-7-6-9-15(16)14(2)3/h6-7,9-10,14,17H,4-5,8,11-13H2,1-3H3. The predicted octanol–water partition coefficient (Wildman–Crippen LogP) is 4.88. The Morgan fingerprint density at radius 1 is 1.38 bits per heavy atom. The number of unbranched alkanes of at least 4 members (excludes halogenated alkanes) is 1. The molecular formula is C18H27NO2. The molecule has 3 heteroatoms. The van der Waals surface area contributed by atoms with Gasteiger partial charge in [0.15, 0.2) is 0 Å². The molecule has 0 bridgehead atoms. The minimum absolute atomic E-state index is 0.149. The van der Waals surface area contributed by atoms with Gasteiger partial charge in [-0.25, -0.2) is 4.79 Å². The van der Waals surface area contributed by atoms with E-state index in [0.29, 0.717) is 12.5 Å². The van der Waals surface area contributed by atoms with Gasteiger partial charge >= 0.3 is 6.09 Å². The van der Waals surface area contributed by atoms with Gasteiger partial charge in [-0.15, -0.1) is 0 Å². The summed E-state index contributed by atoms with van der Waals surface area (Å²) in [5.74, 6) is 0.472. The lowest BCUT2D eigenvalue weighted by Crippen LogP contribution is -2.31. The fraction of sp³-hybridized carbons (Fsp3) is 0.611. The molecule has 0 aliphatic carbocycles. The summed E-state index contributed by atoms with van der Waals surface area (Å²) in [6, 6.07) is 8.67. The SMILES string of the molecule is CCCCOC(=O)N1CCCC1c1ccccc1C(C)C. The molecule has 0 aromatic heterocycles. The normalized spacial score (nSPS) is 18.3. The molecule has 1 atom stereocenters. The molecule has 1 saturated heterocycles. The Morgan fingerprint density at radius 2 is 2.14 bits per heavy atom. The van der Waals surface area contributed by atoms with Gasteiger partial charge in [0.2, 0.25) is 0 Å². The van der Waals surface area contributed by atoms with Crippen molar-refractivity contribution < 1.29 is 9.53 Å². The van der Waals surface area contributed by atoms with Crippen LogP contribution in [0.1, 0.15) is 69.5 Å². The molecule has 0 N–H and O–H groups in total. The van der Waals surface area contributed by atoms with Crippen molar-refractivity contribution >= 4 is 6.09 Å². The topological polar surface area (TPSA) is 29.5 Å². The molecule has 1 aromatic carbocycles. The van der Waals surface area contributed by atoms with Crippen LogP contribution >= 0.6 is 0 Å². The Morgan fingerprint density at radius 3 is 2.86 bits per heavy atom. The van der Waals surface area contributed by atoms with E-state index in [1.165, 1.54) is 11.1 Å². The van der Waals surface area contributed by atoms with E-state index < -0.39 is 0 Å². The molecule has 21 heavy (non-hydrogen) atoms. The first kappa shape index (κ1) is 15.9. The van der Waals surface area contributed by atoms with E-state index >= 15 is 0 Å². The number of carbonyl (C=O) groups excluding carboxylic acids is 1. The number of benzene rings is 1. The number of likely N-dealkylation sites (tertiary alicyclic amines) is 1. The van der Waals surface area contributed by atoms with Crippen LogP contribution in [0.25, 0.3) is 0 Å². The smallest absolute Gasteiger partial charge is 0.410 e. The summed E-state index contributed by atoms with van der Waals surface area (Å²) in [4.78, 5) is 14.2. The highest BCUT2D eigenvalue weighted by atomic mass is 16.6. The number of amides is 1. The predicted molar refractivity (Wildman–Crippen MR) is 85.5 cm³/mol. The molecule has 2 rings (SSSR count). The average molecular weight is 289 g/mol. The third-order valence-electron chi connectivity index (χ3n) is 4.19. The highest BCUT2D eigenvalue weighted by molar-refractivity contribution is 5.69. The first-order valence-electron chi connectivity index (χ1n) is 8.17. The second kappa shape index (κ2) is 7.48. The highest BCUT2D eigenvalue weighted by Gasteiger charge is 2.32. The van der Waals surface area contributed by atoms with Crippen LogP contribution in [0.15, 0.2) is 24.3 Å². The molecule has 1 unspecified atom stereocenters. The zero-order valence-corrected chi connectivity index (χ0v) is 13.5. The summed E-state index contributed by atoms with van der Waals surface area (Å²) in [6.07, 6.45) is 3.93. The quantitative estimate of drug-likeness (QED) is 0.723. The van der Waals surface area contributed by atoms with Crippen molar-refractivity contribution in [3.05, 3.63) is 35.4 Å². The van der Waals surface area contributed by atoms with Crippen molar-refractivity contribution in [2.75, 3.05) is 13.2 Å². The van der Waals surface area contributed by atoms with E-state index in [1.807, 2.05) is 4.90 Å². The fourth-order valence-electron chi connectivity index (χ4n) is 3.04. The lowest BCUT2D eigenvalue weighted by Gasteiger charge is -2.27. The van der Waals surface area contributed by atoms with Crippen molar-refractivity contribution in [3.8, 4) is 0 Å². The highest BCUT2D eigenvalue weighted by Crippen LogP contribution is 2.36. The molecule has 3 nitrogen and oxygen atoms in total. The van der Waals surface area contributed by atoms with Crippen LogP contribution in [0, 0.1) is 0 Å². The van der Waals surface area contributed by atoms with Crippen molar-refractivity contribution in [2.45, 2.75) is 58.4 Å². The van der Waals surface area contributed by atoms with Crippen LogP contribution in [0.4, 0.5) is 4.79 Å². The summed E-state index contributed by atoms with van der Waals surface area (Å²) in [5, 5.41) is 0. The maximum Gasteiger partial charge on any atom is 0.410 e. The molecule has 1 aliphatic heterocycles. The summed E-state index contributed by atoms with van der Waals surface area (Å²) in [5.41, 5.74) is 2.63. The number of carbonyl (C=O) groups is 1. The van der Waals surface area contributed by atoms with E-state index in [9.17, 15) is 4.79 Å². The van der Waals surface area contributed by atoms with Gasteiger partial charge in [-0.05, 0) is 36.3 Å². The maximum atomic E-state index is 12.3. The van der Waals surface area contributed by atoms with Gasteiger partial charge in [-0.1, -0.05) is 51.5 Å². The average Bonchev–Trinajstić information content (AvgIpc) is 2.96. The van der Waals surface area contributed by atoms with Crippen molar-refractivity contribution in [2.24, 2.45) is 0 Å². The first-order valence-corrected chi connectivity index (χ1v) is 8.17. The van der Waals surface area contributed by atoms with E-state index in [1.54, 1.807) is 0 Å². The number of ether oxygens (including phenoxy) is 1. The van der Waals surface area contributed by atoms with E-state index in [-0.39, 0.29) is 12.1 Å². The number of nitrogens with zero attached hydrogens (tertiary/aromatic N) is 1. The molecule has 0 radical (unpaired) electrons. The van der Waals surface area contributed by atoms with Gasteiger partial charge < -0.3 is 9.64 Å². The van der Waals surface area contributed by atoms with Gasteiger partial charge in [0, 0.05) is 6.54 Å². The Labute approximate surface area is 128 Å². The molecule has 0 spiro atoms. The molecule has 1 amide bonds. The minimum Gasteiger partial charge on any atom is -0.449 e. The minimum atomic E-state index is -0.149. The Bertz CT molecular complexity index is 470. The van der Waals surface area contributed by atoms with Crippen LogP contribution in [-0.2, 0) is 4.74 Å². The van der Waals surface area contributed by atoms with Gasteiger partial charge in [0.1, 0.15) is 0 Å². The lowest BCUT2D eigenvalue weighted by atomic mass is 9.92. The van der Waals surface area contributed by atoms with Crippen molar-refractivity contribution in [3.63, 3.8) is 0 Å². The number of hydrogen-bond donors (Lipinski definition) is 0. The van der Waals surface area contributed by atoms with Gasteiger partial charge in [0.25, 0.3) is 0 Å². The molecule has 1 aromatic rings. The third kappa shape index (κ3) is 3.78. The Balaban J connectivity index is 2.13. The number of hydrogen-bond acceptors (Lipinski definition) is 2. The van der Waals surface area contributed by atoms with Crippen LogP contribution in [0.2, 0.25) is 0 Å². The van der Waals surface area contributed by atoms with E-state index in [0.717, 1.165) is 32.2 Å². The first-order chi connectivity index (χ1) is 10.1. The monoisotopic (exact) mass is 289 g/mol. The van der Waals surface area contributed by atoms with Crippen LogP contribution in [0.3, 0.4) is 0 Å². The molecule has 116 valence electrons. The Kier molecular flexibility index (Phi) is 5.66. The molecule has 1 heterocycles.